The third kappa shape index (κ3) is 3.21. The van der Waals surface area contributed by atoms with Gasteiger partial charge in [0.15, 0.2) is 0 Å². The van der Waals surface area contributed by atoms with E-state index in [4.69, 9.17) is 5.11 Å². The van der Waals surface area contributed by atoms with E-state index in [9.17, 15) is 0 Å². The van der Waals surface area contributed by atoms with Crippen molar-refractivity contribution in [2.24, 2.45) is 24.3 Å². The summed E-state index contributed by atoms with van der Waals surface area (Å²) in [5, 5.41) is 20.3. The van der Waals surface area contributed by atoms with Gasteiger partial charge in [0.25, 0.3) is 0 Å². The van der Waals surface area contributed by atoms with E-state index in [0.717, 1.165) is 23.0 Å². The lowest BCUT2D eigenvalue weighted by molar-refractivity contribution is -0.657. The maximum absolute atomic E-state index is 8.75. The first-order valence-electron chi connectivity index (χ1n) is 6.50. The number of aliphatic hydroxyl groups is 1. The maximum atomic E-state index is 8.75. The Morgan fingerprint density at radius 2 is 1.95 bits per heavy atom. The van der Waals surface area contributed by atoms with Crippen molar-refractivity contribution in [3.05, 3.63) is 36.2 Å². The van der Waals surface area contributed by atoms with Crippen LogP contribution in [-0.2, 0) is 14.1 Å². The van der Waals surface area contributed by atoms with Crippen LogP contribution in [-0.4, -0.2) is 22.8 Å². The molecule has 0 unspecified atom stereocenters. The molecule has 1 aromatic carbocycles. The second-order valence-corrected chi connectivity index (χ2v) is 4.64. The summed E-state index contributed by atoms with van der Waals surface area (Å²) in [5.74, 6) is 0.796. The van der Waals surface area contributed by atoms with Crippen molar-refractivity contribution in [2.45, 2.75) is 6.92 Å². The number of hydrogen-bond acceptors (Lipinski definition) is 4. The maximum Gasteiger partial charge on any atom is 0.421 e. The largest absolute Gasteiger partial charge is 0.421 e. The molecule has 1 heterocycles. The first kappa shape index (κ1) is 14.2. The van der Waals surface area contributed by atoms with Crippen LogP contribution in [0.15, 0.2) is 40.7 Å². The zero-order chi connectivity index (χ0) is 14.5. The molecule has 1 aromatic heterocycles. The Morgan fingerprint density at radius 1 is 1.25 bits per heavy atom. The number of nitrogens with zero attached hydrogens (tertiary/aromatic N) is 4. The van der Waals surface area contributed by atoms with Gasteiger partial charge in [-0.15, -0.1) is 0 Å². The zero-order valence-electron chi connectivity index (χ0n) is 12.0. The van der Waals surface area contributed by atoms with Crippen molar-refractivity contribution in [1.29, 1.82) is 0 Å². The fraction of sp³-hybridized carbons (Fsp3) is 0.357. The third-order valence-corrected chi connectivity index (χ3v) is 3.09. The van der Waals surface area contributed by atoms with Crippen molar-refractivity contribution < 1.29 is 9.67 Å². The molecule has 0 bridgehead atoms. The van der Waals surface area contributed by atoms with Gasteiger partial charge < -0.3 is 10.4 Å². The van der Waals surface area contributed by atoms with Crippen LogP contribution in [0.1, 0.15) is 5.69 Å². The molecular formula is C14H20N5O+. The Hall–Kier alpha value is -2.21. The van der Waals surface area contributed by atoms with Gasteiger partial charge in [0.1, 0.15) is 11.4 Å². The van der Waals surface area contributed by atoms with E-state index >= 15 is 0 Å². The number of aromatic nitrogens is 2. The molecule has 0 aliphatic heterocycles. The summed E-state index contributed by atoms with van der Waals surface area (Å²) < 4.78 is 3.93. The number of rotatable bonds is 5. The van der Waals surface area contributed by atoms with Crippen LogP contribution in [0.3, 0.4) is 0 Å². The number of anilines is 1. The van der Waals surface area contributed by atoms with Gasteiger partial charge >= 0.3 is 5.95 Å². The Labute approximate surface area is 118 Å². The average molecular weight is 274 g/mol. The number of aryl methyl sites for hydroxylation is 2. The van der Waals surface area contributed by atoms with E-state index in [2.05, 4.69) is 15.5 Å². The number of imidazole rings is 1. The summed E-state index contributed by atoms with van der Waals surface area (Å²) in [6.07, 6.45) is 2.01. The van der Waals surface area contributed by atoms with Gasteiger partial charge in [0.2, 0.25) is 0 Å². The van der Waals surface area contributed by atoms with E-state index in [0.29, 0.717) is 6.54 Å². The van der Waals surface area contributed by atoms with Crippen molar-refractivity contribution >= 4 is 17.3 Å². The molecular weight excluding hydrogens is 254 g/mol. The van der Waals surface area contributed by atoms with Crippen LogP contribution in [0.4, 0.5) is 17.3 Å². The van der Waals surface area contributed by atoms with Crippen molar-refractivity contribution in [3.8, 4) is 0 Å². The minimum absolute atomic E-state index is 0.116. The standard InChI is InChI=1S/C14H19N5O/c1-11-10-18(2)14(19(11)3)17-16-13-6-4-12(5-7-13)15-8-9-20/h4-7,10,20H,8-9H2,1-3H3/p+1. The summed E-state index contributed by atoms with van der Waals surface area (Å²) in [5.41, 5.74) is 2.88. The molecule has 6 heteroatoms. The lowest BCUT2D eigenvalue weighted by atomic mass is 10.3. The molecule has 0 fully saturated rings. The number of aliphatic hydroxyl groups excluding tert-OH is 1. The van der Waals surface area contributed by atoms with E-state index in [1.807, 2.05) is 60.6 Å². The fourth-order valence-electron chi connectivity index (χ4n) is 1.91. The number of benzene rings is 1. The normalized spacial score (nSPS) is 11.2. The lowest BCUT2D eigenvalue weighted by Gasteiger charge is -2.02. The minimum atomic E-state index is 0.116. The molecule has 106 valence electrons. The molecule has 6 nitrogen and oxygen atoms in total. The smallest absolute Gasteiger partial charge is 0.395 e. The topological polar surface area (TPSA) is 65.8 Å². The minimum Gasteiger partial charge on any atom is -0.395 e. The summed E-state index contributed by atoms with van der Waals surface area (Å²) >= 11 is 0. The highest BCUT2D eigenvalue weighted by molar-refractivity contribution is 5.50. The second-order valence-electron chi connectivity index (χ2n) is 4.64. The van der Waals surface area contributed by atoms with Gasteiger partial charge in [-0.3, -0.25) is 0 Å². The van der Waals surface area contributed by atoms with E-state index in [-0.39, 0.29) is 6.61 Å². The first-order valence-corrected chi connectivity index (χ1v) is 6.50. The molecule has 0 aliphatic rings. The van der Waals surface area contributed by atoms with Gasteiger partial charge in [-0.1, -0.05) is 5.11 Å². The Morgan fingerprint density at radius 3 is 2.50 bits per heavy atom. The summed E-state index contributed by atoms with van der Waals surface area (Å²) in [6.45, 7) is 2.69. The molecule has 0 atom stereocenters. The highest BCUT2D eigenvalue weighted by Crippen LogP contribution is 2.19. The van der Waals surface area contributed by atoms with Crippen LogP contribution in [0, 0.1) is 6.92 Å². The number of hydrogen-bond donors (Lipinski definition) is 2. The SMILES string of the molecule is Cc1c[n+](C)c(N=Nc2ccc(NCCO)cc2)n1C. The van der Waals surface area contributed by atoms with Crippen LogP contribution in [0.25, 0.3) is 0 Å². The molecule has 2 aromatic rings. The summed E-state index contributed by atoms with van der Waals surface area (Å²) in [6, 6.07) is 7.61. The average Bonchev–Trinajstić information content (AvgIpc) is 2.69. The lowest BCUT2D eigenvalue weighted by Crippen LogP contribution is -2.25. The molecule has 0 saturated carbocycles. The molecule has 0 radical (unpaired) electrons. The van der Waals surface area contributed by atoms with Crippen LogP contribution in [0.2, 0.25) is 0 Å². The molecule has 0 aliphatic carbocycles. The Balaban J connectivity index is 2.11. The second kappa shape index (κ2) is 6.29. The summed E-state index contributed by atoms with van der Waals surface area (Å²) in [4.78, 5) is 0. The highest BCUT2D eigenvalue weighted by Gasteiger charge is 2.14. The van der Waals surface area contributed by atoms with E-state index in [1.54, 1.807) is 0 Å². The highest BCUT2D eigenvalue weighted by atomic mass is 16.3. The monoisotopic (exact) mass is 274 g/mol. The molecule has 20 heavy (non-hydrogen) atoms. The molecule has 2 rings (SSSR count). The number of azo groups is 1. The van der Waals surface area contributed by atoms with Gasteiger partial charge in [-0.2, -0.15) is 0 Å². The van der Waals surface area contributed by atoms with Gasteiger partial charge in [0, 0.05) is 17.3 Å². The molecule has 0 spiro atoms. The molecule has 2 N–H and O–H groups in total. The van der Waals surface area contributed by atoms with Gasteiger partial charge in [-0.25, -0.2) is 9.13 Å². The Kier molecular flexibility index (Phi) is 4.47. The van der Waals surface area contributed by atoms with Crippen LogP contribution < -0.4 is 9.88 Å². The van der Waals surface area contributed by atoms with E-state index in [1.165, 1.54) is 0 Å². The third-order valence-electron chi connectivity index (χ3n) is 3.09. The quantitative estimate of drug-likeness (QED) is 0.646. The van der Waals surface area contributed by atoms with Crippen molar-refractivity contribution in [1.82, 2.24) is 4.57 Å². The van der Waals surface area contributed by atoms with Gasteiger partial charge in [0.05, 0.1) is 26.9 Å². The van der Waals surface area contributed by atoms with Crippen molar-refractivity contribution in [3.63, 3.8) is 0 Å². The Bertz CT molecular complexity index is 601. The number of nitrogens with one attached hydrogen (secondary N) is 1. The van der Waals surface area contributed by atoms with E-state index < -0.39 is 0 Å². The first-order chi connectivity index (χ1) is 9.61. The predicted molar refractivity (Wildman–Crippen MR) is 77.5 cm³/mol. The molecule has 0 amide bonds. The zero-order valence-corrected chi connectivity index (χ0v) is 12.0. The fourth-order valence-corrected chi connectivity index (χ4v) is 1.91. The van der Waals surface area contributed by atoms with Crippen LogP contribution in [0.5, 0.6) is 0 Å². The molecule has 0 saturated heterocycles. The predicted octanol–water partition coefficient (Wildman–Crippen LogP) is 1.98. The van der Waals surface area contributed by atoms with Crippen molar-refractivity contribution in [2.75, 3.05) is 18.5 Å². The summed E-state index contributed by atoms with van der Waals surface area (Å²) in [7, 11) is 3.91. The van der Waals surface area contributed by atoms with Crippen LogP contribution >= 0.6 is 0 Å². The van der Waals surface area contributed by atoms with Gasteiger partial charge in [-0.05, 0) is 31.2 Å².